The molecule has 3 rings (SSSR count). The topological polar surface area (TPSA) is 35.6 Å². The van der Waals surface area contributed by atoms with Crippen molar-refractivity contribution in [1.29, 1.82) is 0 Å². The first-order valence-electron chi connectivity index (χ1n) is 8.01. The molecule has 2 amide bonds. The average Bonchev–Trinajstić information content (AvgIpc) is 2.63. The van der Waals surface area contributed by atoms with Crippen LogP contribution in [0.5, 0.6) is 0 Å². The Labute approximate surface area is 156 Å². The molecule has 1 aliphatic heterocycles. The Hall–Kier alpha value is -1.98. The highest BCUT2D eigenvalue weighted by molar-refractivity contribution is 6.31. The molecule has 1 saturated heterocycles. The summed E-state index contributed by atoms with van der Waals surface area (Å²) < 4.78 is 13.3. The Morgan fingerprint density at radius 1 is 1.04 bits per heavy atom. The molecule has 4 nitrogen and oxygen atoms in total. The van der Waals surface area contributed by atoms with Gasteiger partial charge in [0, 0.05) is 43.4 Å². The first-order chi connectivity index (χ1) is 12.0. The zero-order valence-electron chi connectivity index (χ0n) is 13.5. The van der Waals surface area contributed by atoms with Gasteiger partial charge in [-0.15, -0.1) is 0 Å². The molecule has 0 radical (unpaired) electrons. The Bertz CT molecular complexity index is 764. The second-order valence-electron chi connectivity index (χ2n) is 5.82. The van der Waals surface area contributed by atoms with Crippen molar-refractivity contribution < 1.29 is 9.18 Å². The second kappa shape index (κ2) is 7.93. The second-order valence-corrected chi connectivity index (χ2v) is 6.64. The van der Waals surface area contributed by atoms with Crippen molar-refractivity contribution in [2.24, 2.45) is 0 Å². The predicted octanol–water partition coefficient (Wildman–Crippen LogP) is 4.16. The SMILES string of the molecule is O=C(NCc1ccccc1Cl)N1CCN(c2ccc(F)c(Cl)c2)CC1. The summed E-state index contributed by atoms with van der Waals surface area (Å²) in [5.41, 5.74) is 1.75. The number of amides is 2. The van der Waals surface area contributed by atoms with E-state index in [-0.39, 0.29) is 11.1 Å². The molecule has 0 bridgehead atoms. The summed E-state index contributed by atoms with van der Waals surface area (Å²) in [5, 5.41) is 3.64. The number of urea groups is 1. The molecule has 1 N–H and O–H groups in total. The Morgan fingerprint density at radius 2 is 1.76 bits per heavy atom. The highest BCUT2D eigenvalue weighted by atomic mass is 35.5. The molecule has 1 heterocycles. The quantitative estimate of drug-likeness (QED) is 0.865. The van der Waals surface area contributed by atoms with Crippen molar-refractivity contribution in [3.05, 3.63) is 63.9 Å². The number of anilines is 1. The number of rotatable bonds is 3. The summed E-state index contributed by atoms with van der Waals surface area (Å²) in [6.45, 7) is 2.90. The van der Waals surface area contributed by atoms with Crippen molar-refractivity contribution in [2.45, 2.75) is 6.54 Å². The maximum Gasteiger partial charge on any atom is 0.317 e. The number of hydrogen-bond donors (Lipinski definition) is 1. The van der Waals surface area contributed by atoms with Gasteiger partial charge in [0.1, 0.15) is 5.82 Å². The Balaban J connectivity index is 1.52. The van der Waals surface area contributed by atoms with E-state index in [0.717, 1.165) is 11.3 Å². The number of carbonyl (C=O) groups excluding carboxylic acids is 1. The van der Waals surface area contributed by atoms with E-state index >= 15 is 0 Å². The van der Waals surface area contributed by atoms with E-state index in [1.54, 1.807) is 23.1 Å². The van der Waals surface area contributed by atoms with Crippen LogP contribution in [0.15, 0.2) is 42.5 Å². The minimum absolute atomic E-state index is 0.109. The van der Waals surface area contributed by atoms with Gasteiger partial charge in [-0.05, 0) is 29.8 Å². The van der Waals surface area contributed by atoms with Gasteiger partial charge in [0.05, 0.1) is 5.02 Å². The third-order valence-corrected chi connectivity index (χ3v) is 4.88. The molecule has 0 spiro atoms. The summed E-state index contributed by atoms with van der Waals surface area (Å²) in [4.78, 5) is 16.2. The van der Waals surface area contributed by atoms with Gasteiger partial charge >= 0.3 is 6.03 Å². The summed E-state index contributed by atoms with van der Waals surface area (Å²) >= 11 is 11.9. The summed E-state index contributed by atoms with van der Waals surface area (Å²) in [6, 6.07) is 12.0. The standard InChI is InChI=1S/C18H18Cl2FN3O/c19-15-4-2-1-3-13(15)12-22-18(25)24-9-7-23(8-10-24)14-5-6-17(21)16(20)11-14/h1-6,11H,7-10,12H2,(H,22,25). The minimum atomic E-state index is -0.428. The van der Waals surface area contributed by atoms with E-state index in [4.69, 9.17) is 23.2 Å². The van der Waals surface area contributed by atoms with Gasteiger partial charge in [-0.1, -0.05) is 41.4 Å². The first kappa shape index (κ1) is 17.8. The normalized spacial score (nSPS) is 14.5. The molecular weight excluding hydrogens is 364 g/mol. The van der Waals surface area contributed by atoms with Crippen LogP contribution >= 0.6 is 23.2 Å². The Morgan fingerprint density at radius 3 is 2.44 bits per heavy atom. The molecule has 0 saturated carbocycles. The predicted molar refractivity (Wildman–Crippen MR) is 98.9 cm³/mol. The van der Waals surface area contributed by atoms with Gasteiger partial charge < -0.3 is 15.1 Å². The molecule has 1 fully saturated rings. The molecule has 25 heavy (non-hydrogen) atoms. The minimum Gasteiger partial charge on any atom is -0.368 e. The van der Waals surface area contributed by atoms with Gasteiger partial charge in [0.2, 0.25) is 0 Å². The van der Waals surface area contributed by atoms with Crippen LogP contribution in [0.4, 0.5) is 14.9 Å². The largest absolute Gasteiger partial charge is 0.368 e. The highest BCUT2D eigenvalue weighted by Crippen LogP contribution is 2.23. The van der Waals surface area contributed by atoms with Crippen LogP contribution < -0.4 is 10.2 Å². The summed E-state index contributed by atoms with van der Waals surface area (Å²) in [5.74, 6) is -0.428. The zero-order chi connectivity index (χ0) is 17.8. The lowest BCUT2D eigenvalue weighted by molar-refractivity contribution is 0.194. The van der Waals surface area contributed by atoms with Crippen molar-refractivity contribution in [3.63, 3.8) is 0 Å². The maximum absolute atomic E-state index is 13.3. The van der Waals surface area contributed by atoms with Crippen LogP contribution in [-0.2, 0) is 6.54 Å². The molecule has 7 heteroatoms. The third kappa shape index (κ3) is 4.35. The summed E-state index contributed by atoms with van der Waals surface area (Å²) in [6.07, 6.45) is 0. The van der Waals surface area contributed by atoms with Gasteiger partial charge in [-0.25, -0.2) is 9.18 Å². The van der Waals surface area contributed by atoms with E-state index in [0.29, 0.717) is 37.7 Å². The lowest BCUT2D eigenvalue weighted by Crippen LogP contribution is -2.51. The van der Waals surface area contributed by atoms with Crippen LogP contribution in [0.3, 0.4) is 0 Å². The fourth-order valence-electron chi connectivity index (χ4n) is 2.77. The number of hydrogen-bond acceptors (Lipinski definition) is 2. The first-order valence-corrected chi connectivity index (χ1v) is 8.76. The highest BCUT2D eigenvalue weighted by Gasteiger charge is 2.21. The maximum atomic E-state index is 13.3. The molecule has 2 aromatic carbocycles. The zero-order valence-corrected chi connectivity index (χ0v) is 15.0. The fraction of sp³-hybridized carbons (Fsp3) is 0.278. The number of piperazine rings is 1. The van der Waals surface area contributed by atoms with Crippen LogP contribution in [0.2, 0.25) is 10.0 Å². The molecule has 1 aliphatic rings. The lowest BCUT2D eigenvalue weighted by atomic mass is 10.2. The van der Waals surface area contributed by atoms with Crippen LogP contribution in [0.1, 0.15) is 5.56 Å². The van der Waals surface area contributed by atoms with E-state index in [9.17, 15) is 9.18 Å². The number of nitrogens with zero attached hydrogens (tertiary/aromatic N) is 2. The van der Waals surface area contributed by atoms with Gasteiger partial charge in [0.15, 0.2) is 0 Å². The third-order valence-electron chi connectivity index (χ3n) is 4.22. The molecule has 0 unspecified atom stereocenters. The molecule has 132 valence electrons. The van der Waals surface area contributed by atoms with E-state index in [2.05, 4.69) is 10.2 Å². The monoisotopic (exact) mass is 381 g/mol. The average molecular weight is 382 g/mol. The molecule has 0 aliphatic carbocycles. The van der Waals surface area contributed by atoms with Gasteiger partial charge in [0.25, 0.3) is 0 Å². The summed E-state index contributed by atoms with van der Waals surface area (Å²) in [7, 11) is 0. The van der Waals surface area contributed by atoms with Crippen LogP contribution in [0, 0.1) is 5.82 Å². The van der Waals surface area contributed by atoms with Crippen molar-refractivity contribution >= 4 is 34.9 Å². The Kier molecular flexibility index (Phi) is 5.66. The van der Waals surface area contributed by atoms with Crippen molar-refractivity contribution in [1.82, 2.24) is 10.2 Å². The van der Waals surface area contributed by atoms with E-state index in [1.165, 1.54) is 6.07 Å². The number of benzene rings is 2. The van der Waals surface area contributed by atoms with Crippen molar-refractivity contribution in [2.75, 3.05) is 31.1 Å². The molecule has 0 atom stereocenters. The smallest absolute Gasteiger partial charge is 0.317 e. The number of halogens is 3. The van der Waals surface area contributed by atoms with Crippen molar-refractivity contribution in [3.8, 4) is 0 Å². The number of nitrogens with one attached hydrogen (secondary N) is 1. The van der Waals surface area contributed by atoms with Crippen LogP contribution in [0.25, 0.3) is 0 Å². The van der Waals surface area contributed by atoms with E-state index < -0.39 is 5.82 Å². The van der Waals surface area contributed by atoms with E-state index in [1.807, 2.05) is 18.2 Å². The molecule has 2 aromatic rings. The molecule has 0 aromatic heterocycles. The fourth-order valence-corrected chi connectivity index (χ4v) is 3.15. The van der Waals surface area contributed by atoms with Gasteiger partial charge in [-0.3, -0.25) is 0 Å². The van der Waals surface area contributed by atoms with Crippen LogP contribution in [-0.4, -0.2) is 37.1 Å². The lowest BCUT2D eigenvalue weighted by Gasteiger charge is -2.36. The van der Waals surface area contributed by atoms with Gasteiger partial charge in [-0.2, -0.15) is 0 Å². The molecular formula is C18H18Cl2FN3O. The number of carbonyl (C=O) groups is 1.